The third-order valence-corrected chi connectivity index (χ3v) is 6.27. The average molecular weight is 300 g/mol. The first-order valence-corrected chi connectivity index (χ1v) is 10.3. The van der Waals surface area contributed by atoms with E-state index in [2.05, 4.69) is 30.3 Å². The van der Waals surface area contributed by atoms with Crippen molar-refractivity contribution in [3.63, 3.8) is 0 Å². The molecule has 1 fully saturated rings. The second-order valence-corrected chi connectivity index (χ2v) is 7.87. The summed E-state index contributed by atoms with van der Waals surface area (Å²) in [5.41, 5.74) is 0. The topological polar surface area (TPSA) is 12.0 Å². The fourth-order valence-electron chi connectivity index (χ4n) is 3.35. The van der Waals surface area contributed by atoms with Gasteiger partial charge < -0.3 is 5.32 Å². The Bertz CT molecular complexity index is 211. The van der Waals surface area contributed by atoms with E-state index in [0.717, 1.165) is 0 Å². The molecule has 1 N–H and O–H groups in total. The summed E-state index contributed by atoms with van der Waals surface area (Å²) in [5.74, 6) is 0. The molecule has 0 saturated heterocycles. The lowest BCUT2D eigenvalue weighted by Crippen LogP contribution is -2.39. The monoisotopic (exact) mass is 299 g/mol. The van der Waals surface area contributed by atoms with Crippen LogP contribution in [0.25, 0.3) is 0 Å². The van der Waals surface area contributed by atoms with Crippen LogP contribution < -0.4 is 5.32 Å². The number of hydrogen-bond acceptors (Lipinski definition) is 2. The highest BCUT2D eigenvalue weighted by molar-refractivity contribution is 8.00. The molecule has 1 aliphatic rings. The highest BCUT2D eigenvalue weighted by Gasteiger charge is 2.30. The van der Waals surface area contributed by atoms with E-state index in [1.165, 1.54) is 96.6 Å². The van der Waals surface area contributed by atoms with Crippen LogP contribution in [0.15, 0.2) is 0 Å². The van der Waals surface area contributed by atoms with Crippen molar-refractivity contribution in [3.05, 3.63) is 0 Å². The molecular formula is C18H37NS. The van der Waals surface area contributed by atoms with Gasteiger partial charge in [-0.1, -0.05) is 71.1 Å². The van der Waals surface area contributed by atoms with Gasteiger partial charge in [-0.15, -0.1) is 0 Å². The van der Waals surface area contributed by atoms with E-state index in [9.17, 15) is 0 Å². The zero-order chi connectivity index (χ0) is 14.5. The van der Waals surface area contributed by atoms with E-state index in [4.69, 9.17) is 0 Å². The predicted octanol–water partition coefficient (Wildman–Crippen LogP) is 5.78. The van der Waals surface area contributed by atoms with Gasteiger partial charge in [0.25, 0.3) is 0 Å². The third-order valence-electron chi connectivity index (χ3n) is 4.85. The van der Waals surface area contributed by atoms with E-state index in [1.807, 2.05) is 0 Å². The van der Waals surface area contributed by atoms with Gasteiger partial charge in [-0.05, 0) is 32.1 Å². The third kappa shape index (κ3) is 7.93. The Balaban J connectivity index is 1.91. The maximum absolute atomic E-state index is 3.74. The summed E-state index contributed by atoms with van der Waals surface area (Å²) in [6.07, 6.45) is 20.9. The molecule has 0 unspecified atom stereocenters. The van der Waals surface area contributed by atoms with E-state index in [-0.39, 0.29) is 0 Å². The van der Waals surface area contributed by atoms with Crippen LogP contribution in [-0.2, 0) is 0 Å². The zero-order valence-electron chi connectivity index (χ0n) is 14.0. The molecule has 1 aliphatic carbocycles. The van der Waals surface area contributed by atoms with Crippen LogP contribution >= 0.6 is 11.8 Å². The highest BCUT2D eigenvalue weighted by Crippen LogP contribution is 2.37. The Hall–Kier alpha value is 0.310. The van der Waals surface area contributed by atoms with Gasteiger partial charge in [0, 0.05) is 11.3 Å². The second kappa shape index (κ2) is 11.9. The molecule has 0 aliphatic heterocycles. The number of rotatable bonds is 12. The zero-order valence-corrected chi connectivity index (χ0v) is 14.8. The fourth-order valence-corrected chi connectivity index (χ4v) is 4.29. The molecule has 120 valence electrons. The Morgan fingerprint density at radius 3 is 2.05 bits per heavy atom. The maximum Gasteiger partial charge on any atom is 0.0281 e. The summed E-state index contributed by atoms with van der Waals surface area (Å²) < 4.78 is 0.568. The molecule has 0 atom stereocenters. The smallest absolute Gasteiger partial charge is 0.0281 e. The van der Waals surface area contributed by atoms with Crippen molar-refractivity contribution >= 4 is 11.8 Å². The van der Waals surface area contributed by atoms with Crippen molar-refractivity contribution in [1.82, 2.24) is 5.32 Å². The first kappa shape index (κ1) is 18.4. The molecule has 0 radical (unpaired) electrons. The number of unbranched alkanes of at least 4 members (excludes halogenated alkanes) is 7. The Labute approximate surface area is 132 Å². The molecule has 2 heteroatoms. The molecule has 0 aromatic heterocycles. The van der Waals surface area contributed by atoms with Crippen LogP contribution in [0.1, 0.15) is 90.4 Å². The van der Waals surface area contributed by atoms with Crippen molar-refractivity contribution in [2.45, 2.75) is 95.1 Å². The van der Waals surface area contributed by atoms with Crippen molar-refractivity contribution in [2.24, 2.45) is 0 Å². The van der Waals surface area contributed by atoms with Crippen LogP contribution in [0.2, 0.25) is 0 Å². The predicted molar refractivity (Wildman–Crippen MR) is 94.8 cm³/mol. The Kier molecular flexibility index (Phi) is 10.9. The van der Waals surface area contributed by atoms with Gasteiger partial charge in [0.1, 0.15) is 0 Å². The number of nitrogens with one attached hydrogen (secondary N) is 1. The minimum Gasteiger partial charge on any atom is -0.315 e. The normalized spacial score (nSPS) is 18.3. The quantitative estimate of drug-likeness (QED) is 0.458. The SMILES string of the molecule is CCCCCCCCCCNCC1(SC)CCCCC1. The number of hydrogen-bond donors (Lipinski definition) is 1. The lowest BCUT2D eigenvalue weighted by molar-refractivity contribution is 0.378. The van der Waals surface area contributed by atoms with E-state index >= 15 is 0 Å². The van der Waals surface area contributed by atoms with Crippen LogP contribution in [0, 0.1) is 0 Å². The summed E-state index contributed by atoms with van der Waals surface area (Å²) in [6, 6.07) is 0. The summed E-state index contributed by atoms with van der Waals surface area (Å²) in [4.78, 5) is 0. The van der Waals surface area contributed by atoms with Crippen molar-refractivity contribution < 1.29 is 0 Å². The lowest BCUT2D eigenvalue weighted by Gasteiger charge is -2.36. The first-order valence-electron chi connectivity index (χ1n) is 9.09. The Morgan fingerprint density at radius 1 is 0.850 bits per heavy atom. The summed E-state index contributed by atoms with van der Waals surface area (Å²) in [6.45, 7) is 4.77. The van der Waals surface area contributed by atoms with E-state index in [1.54, 1.807) is 0 Å². The summed E-state index contributed by atoms with van der Waals surface area (Å²) in [5, 5.41) is 3.74. The van der Waals surface area contributed by atoms with Gasteiger partial charge in [-0.2, -0.15) is 11.8 Å². The minimum absolute atomic E-state index is 0.568. The van der Waals surface area contributed by atoms with Gasteiger partial charge in [-0.3, -0.25) is 0 Å². The lowest BCUT2D eigenvalue weighted by atomic mass is 9.88. The van der Waals surface area contributed by atoms with Gasteiger partial charge >= 0.3 is 0 Å². The highest BCUT2D eigenvalue weighted by atomic mass is 32.2. The van der Waals surface area contributed by atoms with Crippen LogP contribution in [-0.4, -0.2) is 24.1 Å². The van der Waals surface area contributed by atoms with Crippen LogP contribution in [0.4, 0.5) is 0 Å². The van der Waals surface area contributed by atoms with Crippen molar-refractivity contribution in [1.29, 1.82) is 0 Å². The standard InChI is InChI=1S/C18H37NS/c1-3-4-5-6-7-8-9-13-16-19-17-18(20-2)14-11-10-12-15-18/h19H,3-17H2,1-2H3. The summed E-state index contributed by atoms with van der Waals surface area (Å²) in [7, 11) is 0. The summed E-state index contributed by atoms with van der Waals surface area (Å²) >= 11 is 2.11. The second-order valence-electron chi connectivity index (χ2n) is 6.60. The maximum atomic E-state index is 3.74. The van der Waals surface area contributed by atoms with Crippen LogP contribution in [0.3, 0.4) is 0 Å². The molecule has 0 aromatic carbocycles. The van der Waals surface area contributed by atoms with Gasteiger partial charge in [0.05, 0.1) is 0 Å². The van der Waals surface area contributed by atoms with Gasteiger partial charge in [0.2, 0.25) is 0 Å². The molecule has 1 rings (SSSR count). The Morgan fingerprint density at radius 2 is 1.45 bits per heavy atom. The van der Waals surface area contributed by atoms with Crippen LogP contribution in [0.5, 0.6) is 0 Å². The van der Waals surface area contributed by atoms with Crippen molar-refractivity contribution in [3.8, 4) is 0 Å². The molecule has 0 bridgehead atoms. The van der Waals surface area contributed by atoms with Gasteiger partial charge in [-0.25, -0.2) is 0 Å². The van der Waals surface area contributed by atoms with E-state index in [0.29, 0.717) is 4.75 Å². The molecule has 0 aromatic rings. The number of thioether (sulfide) groups is 1. The molecule has 1 nitrogen and oxygen atoms in total. The van der Waals surface area contributed by atoms with Gasteiger partial charge in [0.15, 0.2) is 0 Å². The molecule has 0 heterocycles. The first-order chi connectivity index (χ1) is 9.83. The average Bonchev–Trinajstić information content (AvgIpc) is 2.50. The largest absolute Gasteiger partial charge is 0.315 e. The molecule has 0 amide bonds. The molecule has 0 spiro atoms. The van der Waals surface area contributed by atoms with Crippen molar-refractivity contribution in [2.75, 3.05) is 19.3 Å². The molecular weight excluding hydrogens is 262 g/mol. The fraction of sp³-hybridized carbons (Fsp3) is 1.00. The minimum atomic E-state index is 0.568. The van der Waals surface area contributed by atoms with E-state index < -0.39 is 0 Å². The molecule has 1 saturated carbocycles. The molecule has 20 heavy (non-hydrogen) atoms.